The number of nitrogens with zero attached hydrogens (tertiary/aromatic N) is 1. The Bertz CT molecular complexity index is 1000. The third-order valence-electron chi connectivity index (χ3n) is 4.73. The lowest BCUT2D eigenvalue weighted by Gasteiger charge is -2.17. The number of rotatable bonds is 5. The van der Waals surface area contributed by atoms with Crippen LogP contribution in [0.15, 0.2) is 78.9 Å². The third-order valence-corrected chi connectivity index (χ3v) is 4.73. The zero-order valence-corrected chi connectivity index (χ0v) is 15.5. The molecule has 2 amide bonds. The normalized spacial score (nSPS) is 16.0. The van der Waals surface area contributed by atoms with Crippen molar-refractivity contribution in [1.82, 2.24) is 0 Å². The molecule has 3 aromatic rings. The minimum Gasteiger partial charge on any atom is -0.457 e. The van der Waals surface area contributed by atoms with Gasteiger partial charge in [0.25, 0.3) is 0 Å². The van der Waals surface area contributed by atoms with E-state index >= 15 is 0 Å². The summed E-state index contributed by atoms with van der Waals surface area (Å²) < 4.78 is 18.8. The lowest BCUT2D eigenvalue weighted by Crippen LogP contribution is -2.28. The average molecular weight is 390 g/mol. The van der Waals surface area contributed by atoms with Crippen molar-refractivity contribution < 1.29 is 18.7 Å². The molecule has 0 saturated carbocycles. The first-order valence-electron chi connectivity index (χ1n) is 9.28. The van der Waals surface area contributed by atoms with Gasteiger partial charge in [0.1, 0.15) is 17.3 Å². The van der Waals surface area contributed by atoms with Crippen LogP contribution < -0.4 is 15.0 Å². The molecule has 1 N–H and O–H groups in total. The molecule has 3 aromatic carbocycles. The quantitative estimate of drug-likeness (QED) is 0.692. The van der Waals surface area contributed by atoms with Gasteiger partial charge in [-0.15, -0.1) is 0 Å². The Morgan fingerprint density at radius 2 is 1.59 bits per heavy atom. The van der Waals surface area contributed by atoms with Crippen molar-refractivity contribution in [2.75, 3.05) is 16.8 Å². The number of amides is 2. The van der Waals surface area contributed by atoms with Gasteiger partial charge in [-0.1, -0.05) is 18.2 Å². The molecule has 1 aliphatic heterocycles. The lowest BCUT2D eigenvalue weighted by atomic mass is 10.1. The van der Waals surface area contributed by atoms with Crippen LogP contribution in [-0.2, 0) is 9.59 Å². The Labute approximate surface area is 167 Å². The highest BCUT2D eigenvalue weighted by Gasteiger charge is 2.35. The largest absolute Gasteiger partial charge is 0.457 e. The van der Waals surface area contributed by atoms with E-state index in [0.29, 0.717) is 23.7 Å². The van der Waals surface area contributed by atoms with E-state index in [1.165, 1.54) is 24.3 Å². The summed E-state index contributed by atoms with van der Waals surface area (Å²) in [5, 5.41) is 2.74. The summed E-state index contributed by atoms with van der Waals surface area (Å²) in [4.78, 5) is 26.5. The van der Waals surface area contributed by atoms with Gasteiger partial charge in [0.05, 0.1) is 5.92 Å². The minimum atomic E-state index is -0.465. The van der Waals surface area contributed by atoms with E-state index in [0.717, 1.165) is 5.75 Å². The van der Waals surface area contributed by atoms with Crippen LogP contribution in [0.5, 0.6) is 11.5 Å². The van der Waals surface area contributed by atoms with E-state index < -0.39 is 5.92 Å². The Hall–Kier alpha value is -3.67. The second-order valence-corrected chi connectivity index (χ2v) is 6.81. The monoisotopic (exact) mass is 390 g/mol. The maximum atomic E-state index is 13.0. The van der Waals surface area contributed by atoms with Crippen LogP contribution >= 0.6 is 0 Å². The zero-order chi connectivity index (χ0) is 20.2. The fourth-order valence-electron chi connectivity index (χ4n) is 3.23. The van der Waals surface area contributed by atoms with E-state index in [9.17, 15) is 14.0 Å². The standard InChI is InChI=1S/C23H19FN2O3/c24-17-6-8-18(9-7-17)25-23(28)16-14-22(27)26(15-16)19-10-12-21(13-11-19)29-20-4-2-1-3-5-20/h1-13,16H,14-15H2,(H,25,28). The first-order chi connectivity index (χ1) is 14.1. The molecule has 1 saturated heterocycles. The van der Waals surface area contributed by atoms with E-state index in [-0.39, 0.29) is 24.1 Å². The highest BCUT2D eigenvalue weighted by atomic mass is 19.1. The summed E-state index contributed by atoms with van der Waals surface area (Å²) in [5.41, 5.74) is 1.22. The fraction of sp³-hybridized carbons (Fsp3) is 0.130. The zero-order valence-electron chi connectivity index (χ0n) is 15.5. The van der Waals surface area contributed by atoms with Crippen LogP contribution in [0.2, 0.25) is 0 Å². The van der Waals surface area contributed by atoms with Crippen LogP contribution in [0.4, 0.5) is 15.8 Å². The van der Waals surface area contributed by atoms with Gasteiger partial charge in [0, 0.05) is 24.3 Å². The molecular formula is C23H19FN2O3. The number of nitrogens with one attached hydrogen (secondary N) is 1. The molecule has 0 aromatic heterocycles. The van der Waals surface area contributed by atoms with Crippen molar-refractivity contribution in [3.05, 3.63) is 84.7 Å². The van der Waals surface area contributed by atoms with Gasteiger partial charge in [-0.25, -0.2) is 4.39 Å². The van der Waals surface area contributed by atoms with Gasteiger partial charge >= 0.3 is 0 Å². The molecule has 1 unspecified atom stereocenters. The summed E-state index contributed by atoms with van der Waals surface area (Å²) in [6, 6.07) is 22.2. The summed E-state index contributed by atoms with van der Waals surface area (Å²) in [5.74, 6) is 0.197. The molecule has 146 valence electrons. The van der Waals surface area contributed by atoms with Crippen LogP contribution in [0.1, 0.15) is 6.42 Å². The van der Waals surface area contributed by atoms with E-state index in [4.69, 9.17) is 4.74 Å². The van der Waals surface area contributed by atoms with Gasteiger partial charge < -0.3 is 15.0 Å². The number of para-hydroxylation sites is 1. The molecule has 0 aliphatic carbocycles. The Morgan fingerprint density at radius 1 is 0.931 bits per heavy atom. The highest BCUT2D eigenvalue weighted by Crippen LogP contribution is 2.29. The molecule has 1 atom stereocenters. The van der Waals surface area contributed by atoms with E-state index in [2.05, 4.69) is 5.32 Å². The molecule has 0 bridgehead atoms. The number of anilines is 2. The number of carbonyl (C=O) groups is 2. The van der Waals surface area contributed by atoms with E-state index in [1.807, 2.05) is 30.3 Å². The molecule has 1 heterocycles. The van der Waals surface area contributed by atoms with Crippen LogP contribution in [0, 0.1) is 11.7 Å². The number of hydrogen-bond donors (Lipinski definition) is 1. The molecule has 0 radical (unpaired) electrons. The minimum absolute atomic E-state index is 0.110. The van der Waals surface area contributed by atoms with Gasteiger partial charge in [0.2, 0.25) is 11.8 Å². The van der Waals surface area contributed by atoms with Crippen LogP contribution in [0.3, 0.4) is 0 Å². The topological polar surface area (TPSA) is 58.6 Å². The van der Waals surface area contributed by atoms with Gasteiger partial charge in [-0.05, 0) is 60.7 Å². The first kappa shape index (κ1) is 18.7. The van der Waals surface area contributed by atoms with E-state index in [1.54, 1.807) is 29.2 Å². The van der Waals surface area contributed by atoms with Gasteiger partial charge in [0.15, 0.2) is 0 Å². The molecule has 5 nitrogen and oxygen atoms in total. The predicted molar refractivity (Wildman–Crippen MR) is 108 cm³/mol. The van der Waals surface area contributed by atoms with Crippen LogP contribution in [0.25, 0.3) is 0 Å². The number of benzene rings is 3. The molecule has 1 fully saturated rings. The fourth-order valence-corrected chi connectivity index (χ4v) is 3.23. The summed E-state index contributed by atoms with van der Waals surface area (Å²) in [6.45, 7) is 0.296. The maximum Gasteiger partial charge on any atom is 0.229 e. The smallest absolute Gasteiger partial charge is 0.229 e. The molecule has 6 heteroatoms. The molecule has 29 heavy (non-hydrogen) atoms. The lowest BCUT2D eigenvalue weighted by molar-refractivity contribution is -0.122. The number of halogens is 1. The predicted octanol–water partition coefficient (Wildman–Crippen LogP) is 4.61. The maximum absolute atomic E-state index is 13.0. The van der Waals surface area contributed by atoms with Crippen molar-refractivity contribution in [3.63, 3.8) is 0 Å². The van der Waals surface area contributed by atoms with Crippen molar-refractivity contribution in [2.45, 2.75) is 6.42 Å². The second kappa shape index (κ2) is 8.14. The molecule has 1 aliphatic rings. The first-order valence-corrected chi connectivity index (χ1v) is 9.28. The van der Waals surface area contributed by atoms with Crippen molar-refractivity contribution >= 4 is 23.2 Å². The Morgan fingerprint density at radius 3 is 2.28 bits per heavy atom. The number of ether oxygens (including phenoxy) is 1. The second-order valence-electron chi connectivity index (χ2n) is 6.81. The summed E-state index contributed by atoms with van der Waals surface area (Å²) >= 11 is 0. The van der Waals surface area contributed by atoms with Crippen molar-refractivity contribution in [3.8, 4) is 11.5 Å². The average Bonchev–Trinajstić information content (AvgIpc) is 3.13. The molecule has 0 spiro atoms. The Kier molecular flexibility index (Phi) is 5.24. The van der Waals surface area contributed by atoms with Gasteiger partial charge in [-0.3, -0.25) is 9.59 Å². The molecule has 4 rings (SSSR count). The number of carbonyl (C=O) groups excluding carboxylic acids is 2. The van der Waals surface area contributed by atoms with Crippen molar-refractivity contribution in [1.29, 1.82) is 0 Å². The van der Waals surface area contributed by atoms with Crippen molar-refractivity contribution in [2.24, 2.45) is 5.92 Å². The third kappa shape index (κ3) is 4.43. The summed E-state index contributed by atoms with van der Waals surface area (Å²) in [7, 11) is 0. The molecular weight excluding hydrogens is 371 g/mol. The highest BCUT2D eigenvalue weighted by molar-refractivity contribution is 6.03. The SMILES string of the molecule is O=C(Nc1ccc(F)cc1)C1CC(=O)N(c2ccc(Oc3ccccc3)cc2)C1. The van der Waals surface area contributed by atoms with Gasteiger partial charge in [-0.2, -0.15) is 0 Å². The van der Waals surface area contributed by atoms with Crippen LogP contribution in [-0.4, -0.2) is 18.4 Å². The Balaban J connectivity index is 1.39. The summed E-state index contributed by atoms with van der Waals surface area (Å²) in [6.07, 6.45) is 0.134. The number of hydrogen-bond acceptors (Lipinski definition) is 3.